The van der Waals surface area contributed by atoms with Gasteiger partial charge in [-0.2, -0.15) is 5.06 Å². The van der Waals surface area contributed by atoms with Crippen LogP contribution in [0.25, 0.3) is 0 Å². The number of urea groups is 1. The normalized spacial score (nSPS) is 20.4. The van der Waals surface area contributed by atoms with Gasteiger partial charge < -0.3 is 14.6 Å². The number of carbonyl (C=O) groups excluding carboxylic acids is 2. The lowest BCUT2D eigenvalue weighted by Crippen LogP contribution is -2.47. The van der Waals surface area contributed by atoms with E-state index in [9.17, 15) is 9.59 Å². The molecule has 2 heterocycles. The molecule has 0 aromatic heterocycles. The van der Waals surface area contributed by atoms with Gasteiger partial charge in [0.05, 0.1) is 11.7 Å². The summed E-state index contributed by atoms with van der Waals surface area (Å²) in [7, 11) is -2.08. The van der Waals surface area contributed by atoms with Crippen molar-refractivity contribution in [3.8, 4) is 5.75 Å². The minimum atomic E-state index is -2.08. The zero-order chi connectivity index (χ0) is 24.5. The maximum absolute atomic E-state index is 13.3. The Balaban J connectivity index is 1.43. The Morgan fingerprint density at radius 3 is 2.44 bits per heavy atom. The molecule has 4 rings (SSSR count). The quantitative estimate of drug-likeness (QED) is 0.537. The van der Waals surface area contributed by atoms with Gasteiger partial charge in [-0.05, 0) is 48.7 Å². The van der Waals surface area contributed by atoms with Crippen LogP contribution in [-0.4, -0.2) is 48.8 Å². The highest BCUT2D eigenvalue weighted by Crippen LogP contribution is 2.39. The van der Waals surface area contributed by atoms with Crippen molar-refractivity contribution in [3.63, 3.8) is 0 Å². The number of hydrogen-bond acceptors (Lipinski definition) is 4. The van der Waals surface area contributed by atoms with E-state index in [1.54, 1.807) is 4.90 Å². The number of fused-ring (bicyclic) bond motifs is 2. The van der Waals surface area contributed by atoms with Gasteiger partial charge in [0, 0.05) is 6.54 Å². The molecule has 0 radical (unpaired) electrons. The first kappa shape index (κ1) is 24.3. The number of nitrogens with one attached hydrogen (secondary N) is 1. The fraction of sp³-hybridized carbons (Fsp3) is 0.462. The number of hydroxylamine groups is 2. The minimum absolute atomic E-state index is 0.0329. The number of para-hydroxylation sites is 2. The number of anilines is 1. The van der Waals surface area contributed by atoms with Gasteiger partial charge in [-0.1, -0.05) is 63.2 Å². The first-order valence-corrected chi connectivity index (χ1v) is 14.8. The van der Waals surface area contributed by atoms with Crippen LogP contribution in [0.4, 0.5) is 10.5 Å². The zero-order valence-corrected chi connectivity index (χ0v) is 21.7. The Hall–Kier alpha value is -2.84. The molecule has 2 atom stereocenters. The summed E-state index contributed by atoms with van der Waals surface area (Å²) in [6, 6.07) is 16.5. The van der Waals surface area contributed by atoms with E-state index in [1.165, 1.54) is 5.06 Å². The summed E-state index contributed by atoms with van der Waals surface area (Å²) in [4.78, 5) is 33.9. The first-order valence-electron chi connectivity index (χ1n) is 11.9. The summed E-state index contributed by atoms with van der Waals surface area (Å²) < 4.78 is 6.47. The maximum Gasteiger partial charge on any atom is 0.345 e. The molecular formula is C26H35N3O4Si. The number of amides is 3. The zero-order valence-electron chi connectivity index (χ0n) is 20.7. The molecule has 7 nitrogen and oxygen atoms in total. The van der Waals surface area contributed by atoms with Crippen LogP contribution in [0.2, 0.25) is 18.1 Å². The topological polar surface area (TPSA) is 71.1 Å². The molecule has 182 valence electrons. The molecule has 34 heavy (non-hydrogen) atoms. The molecule has 3 amide bonds. The third kappa shape index (κ3) is 4.98. The van der Waals surface area contributed by atoms with Gasteiger partial charge in [0.15, 0.2) is 0 Å². The molecule has 2 bridgehead atoms. The standard InChI is InChI=1S/C26H35N3O4Si/c1-26(2,3)34(4,5)33-23-14-10-9-13-21(23)27-24(30)22-16-15-20-17-28(22)25(31)29(20)32-18-19-11-7-6-8-12-19/h6-14,20,22H,15-18H2,1-5H3,(H,27,30)/t20-,22+/m1/s1. The van der Waals surface area contributed by atoms with E-state index < -0.39 is 14.4 Å². The summed E-state index contributed by atoms with van der Waals surface area (Å²) in [5, 5.41) is 4.52. The summed E-state index contributed by atoms with van der Waals surface area (Å²) in [6.45, 7) is 11.7. The lowest BCUT2D eigenvalue weighted by atomic mass is 10.00. The molecule has 2 saturated heterocycles. The van der Waals surface area contributed by atoms with Crippen LogP contribution in [-0.2, 0) is 16.2 Å². The SMILES string of the molecule is CC(C)(C)[Si](C)(C)Oc1ccccc1NC(=O)[C@@H]1CC[C@@H]2CN1C(=O)N2OCc1ccccc1. The van der Waals surface area contributed by atoms with Crippen molar-refractivity contribution in [3.05, 3.63) is 60.2 Å². The fourth-order valence-electron chi connectivity index (χ4n) is 4.09. The Labute approximate surface area is 203 Å². The monoisotopic (exact) mass is 481 g/mol. The van der Waals surface area contributed by atoms with Crippen molar-refractivity contribution in [2.45, 2.75) is 70.4 Å². The molecule has 0 saturated carbocycles. The molecule has 1 N–H and O–H groups in total. The number of hydrogen-bond donors (Lipinski definition) is 1. The number of rotatable bonds is 7. The highest BCUT2D eigenvalue weighted by Gasteiger charge is 2.48. The van der Waals surface area contributed by atoms with Crippen LogP contribution in [0.5, 0.6) is 5.75 Å². The van der Waals surface area contributed by atoms with Crippen LogP contribution in [0.3, 0.4) is 0 Å². The van der Waals surface area contributed by atoms with Crippen molar-refractivity contribution >= 4 is 25.9 Å². The number of nitrogens with zero attached hydrogens (tertiary/aromatic N) is 2. The van der Waals surface area contributed by atoms with E-state index in [1.807, 2.05) is 54.6 Å². The molecule has 2 aromatic rings. The number of carbonyl (C=O) groups is 2. The van der Waals surface area contributed by atoms with Crippen molar-refractivity contribution in [1.82, 2.24) is 9.96 Å². The molecule has 0 aliphatic carbocycles. The second kappa shape index (κ2) is 9.42. The van der Waals surface area contributed by atoms with Gasteiger partial charge >= 0.3 is 6.03 Å². The Kier molecular flexibility index (Phi) is 6.73. The third-order valence-electron chi connectivity index (χ3n) is 7.15. The van der Waals surface area contributed by atoms with Gasteiger partial charge in [0.25, 0.3) is 8.32 Å². The maximum atomic E-state index is 13.3. The molecule has 2 aliphatic rings. The van der Waals surface area contributed by atoms with Gasteiger partial charge in [0.1, 0.15) is 18.4 Å². The van der Waals surface area contributed by atoms with Crippen molar-refractivity contribution < 1.29 is 18.9 Å². The average molecular weight is 482 g/mol. The Bertz CT molecular complexity index is 1040. The van der Waals surface area contributed by atoms with E-state index in [0.29, 0.717) is 31.0 Å². The highest BCUT2D eigenvalue weighted by molar-refractivity contribution is 6.74. The smallest absolute Gasteiger partial charge is 0.345 e. The fourth-order valence-corrected chi connectivity index (χ4v) is 5.13. The Morgan fingerprint density at radius 1 is 1.06 bits per heavy atom. The summed E-state index contributed by atoms with van der Waals surface area (Å²) >= 11 is 0. The predicted octanol–water partition coefficient (Wildman–Crippen LogP) is 5.41. The van der Waals surface area contributed by atoms with Crippen LogP contribution in [0, 0.1) is 0 Å². The molecule has 8 heteroatoms. The number of benzene rings is 2. The summed E-state index contributed by atoms with van der Waals surface area (Å²) in [6.07, 6.45) is 1.32. The van der Waals surface area contributed by atoms with Gasteiger partial charge in [-0.25, -0.2) is 4.79 Å². The average Bonchev–Trinajstić information content (AvgIpc) is 3.03. The van der Waals surface area contributed by atoms with Crippen LogP contribution < -0.4 is 9.74 Å². The molecule has 0 spiro atoms. The molecule has 0 unspecified atom stereocenters. The largest absolute Gasteiger partial charge is 0.542 e. The van der Waals surface area contributed by atoms with E-state index in [0.717, 1.165) is 12.0 Å². The van der Waals surface area contributed by atoms with Gasteiger partial charge in [-0.3, -0.25) is 9.63 Å². The lowest BCUT2D eigenvalue weighted by molar-refractivity contribution is -0.140. The van der Waals surface area contributed by atoms with Crippen molar-refractivity contribution in [2.75, 3.05) is 11.9 Å². The van der Waals surface area contributed by atoms with E-state index in [-0.39, 0.29) is 23.0 Å². The van der Waals surface area contributed by atoms with Gasteiger partial charge in [0.2, 0.25) is 5.91 Å². The van der Waals surface area contributed by atoms with E-state index >= 15 is 0 Å². The predicted molar refractivity (Wildman–Crippen MR) is 135 cm³/mol. The lowest BCUT2D eigenvalue weighted by Gasteiger charge is -2.37. The summed E-state index contributed by atoms with van der Waals surface area (Å²) in [5.74, 6) is 0.486. The molecule has 2 fully saturated rings. The van der Waals surface area contributed by atoms with Crippen LogP contribution in [0.15, 0.2) is 54.6 Å². The Morgan fingerprint density at radius 2 is 1.74 bits per heavy atom. The van der Waals surface area contributed by atoms with E-state index in [2.05, 4.69) is 39.2 Å². The van der Waals surface area contributed by atoms with Crippen molar-refractivity contribution in [1.29, 1.82) is 0 Å². The molecule has 2 aromatic carbocycles. The second-order valence-corrected chi connectivity index (χ2v) is 15.3. The van der Waals surface area contributed by atoms with E-state index in [4.69, 9.17) is 9.26 Å². The van der Waals surface area contributed by atoms with Crippen LogP contribution in [0.1, 0.15) is 39.2 Å². The molecular weight excluding hydrogens is 446 g/mol. The van der Waals surface area contributed by atoms with Crippen LogP contribution >= 0.6 is 0 Å². The first-order chi connectivity index (χ1) is 16.1. The minimum Gasteiger partial charge on any atom is -0.542 e. The summed E-state index contributed by atoms with van der Waals surface area (Å²) in [5.41, 5.74) is 1.64. The van der Waals surface area contributed by atoms with Gasteiger partial charge in [-0.15, -0.1) is 0 Å². The third-order valence-corrected chi connectivity index (χ3v) is 11.5. The van der Waals surface area contributed by atoms with Crippen molar-refractivity contribution in [2.24, 2.45) is 0 Å². The highest BCUT2D eigenvalue weighted by atomic mass is 28.4. The molecule has 2 aliphatic heterocycles. The second-order valence-electron chi connectivity index (χ2n) is 10.6. The number of piperidine rings is 1.